The number of likely N-dealkylation sites (tertiary alicyclic amines) is 1. The fourth-order valence-electron chi connectivity index (χ4n) is 5.89. The summed E-state index contributed by atoms with van der Waals surface area (Å²) in [6.07, 6.45) is 10.1. The molecule has 1 aliphatic heterocycles. The number of nitrogens with zero attached hydrogens (tertiary/aromatic N) is 3. The molecule has 2 heterocycles. The maximum Gasteiger partial charge on any atom is 0.289 e. The van der Waals surface area contributed by atoms with Gasteiger partial charge in [-0.2, -0.15) is 0 Å². The zero-order valence-corrected chi connectivity index (χ0v) is 27.9. The number of carbonyl (C=O) groups excluding carboxylic acids is 6. The normalized spacial score (nSPS) is 21.2. The number of Topliss-reactive ketones (excluding diaryl/α,β-unsaturated/α-hetero) is 1. The molecule has 1 saturated heterocycles. The van der Waals surface area contributed by atoms with Gasteiger partial charge in [-0.15, -0.1) is 0 Å². The molecule has 252 valence electrons. The number of amides is 5. The summed E-state index contributed by atoms with van der Waals surface area (Å²) < 4.78 is 0. The quantitative estimate of drug-likeness (QED) is 0.165. The first-order valence-electron chi connectivity index (χ1n) is 16.3. The van der Waals surface area contributed by atoms with Gasteiger partial charge in [0.2, 0.25) is 23.5 Å². The van der Waals surface area contributed by atoms with Crippen molar-refractivity contribution < 1.29 is 28.8 Å². The van der Waals surface area contributed by atoms with Crippen molar-refractivity contribution in [2.45, 2.75) is 104 Å². The van der Waals surface area contributed by atoms with Crippen LogP contribution in [0, 0.1) is 23.7 Å². The first-order valence-corrected chi connectivity index (χ1v) is 16.3. The van der Waals surface area contributed by atoms with Crippen LogP contribution in [0.4, 0.5) is 0 Å². The van der Waals surface area contributed by atoms with E-state index in [4.69, 9.17) is 0 Å². The second-order valence-corrected chi connectivity index (χ2v) is 12.9. The monoisotopic (exact) mass is 639 g/mol. The average molecular weight is 640 g/mol. The Labute approximate surface area is 271 Å². The van der Waals surface area contributed by atoms with Gasteiger partial charge in [0.1, 0.15) is 23.8 Å². The van der Waals surface area contributed by atoms with Crippen molar-refractivity contribution in [2.75, 3.05) is 6.54 Å². The number of fused-ring (bicyclic) bond motifs is 1. The summed E-state index contributed by atoms with van der Waals surface area (Å²) in [5, 5.41) is 11.0. The summed E-state index contributed by atoms with van der Waals surface area (Å²) in [5.41, 5.74) is 0.0557. The van der Waals surface area contributed by atoms with Crippen LogP contribution in [0.25, 0.3) is 0 Å². The number of rotatable bonds is 15. The Kier molecular flexibility index (Phi) is 13.0. The lowest BCUT2D eigenvalue weighted by molar-refractivity contribution is -0.145. The fourth-order valence-corrected chi connectivity index (χ4v) is 5.89. The number of nitrogens with one attached hydrogen (secondary N) is 4. The molecular weight excluding hydrogens is 590 g/mol. The average Bonchev–Trinajstić information content (AvgIpc) is 3.63. The number of ketones is 1. The van der Waals surface area contributed by atoms with Crippen LogP contribution in [-0.2, 0) is 24.0 Å². The molecule has 1 aromatic heterocycles. The van der Waals surface area contributed by atoms with E-state index in [0.29, 0.717) is 19.3 Å². The lowest BCUT2D eigenvalue weighted by atomic mass is 9.92. The molecule has 7 atom stereocenters. The molecule has 46 heavy (non-hydrogen) atoms. The van der Waals surface area contributed by atoms with Gasteiger partial charge in [-0.05, 0) is 43.9 Å². The van der Waals surface area contributed by atoms with E-state index in [1.807, 2.05) is 26.0 Å². The highest BCUT2D eigenvalue weighted by Gasteiger charge is 2.50. The Morgan fingerprint density at radius 1 is 0.913 bits per heavy atom. The predicted octanol–water partition coefficient (Wildman–Crippen LogP) is 1.54. The van der Waals surface area contributed by atoms with Crippen LogP contribution in [0.2, 0.25) is 0 Å². The van der Waals surface area contributed by atoms with E-state index in [2.05, 4.69) is 31.2 Å². The number of allylic oxidation sites excluding steroid dienone is 1. The highest BCUT2D eigenvalue weighted by atomic mass is 16.2. The number of carbonyl (C=O) groups is 6. The SMILES string of the molecule is CCCC(NC(=O)C1[C@H]2CC=C[C@H]2CN1C(=O)[C@@H](NC(=O)[C@H](NC(=O)c1cnccn1)C(C)C)C(C)C)C(=O)C(=O)N[C@@H](C)CC. The number of hydrogen-bond donors (Lipinski definition) is 4. The minimum Gasteiger partial charge on any atom is -0.347 e. The molecule has 13 heteroatoms. The van der Waals surface area contributed by atoms with Crippen molar-refractivity contribution >= 4 is 35.3 Å². The second-order valence-electron chi connectivity index (χ2n) is 12.9. The molecular formula is C33H49N7O6. The van der Waals surface area contributed by atoms with Crippen LogP contribution in [-0.4, -0.2) is 86.9 Å². The third-order valence-corrected chi connectivity index (χ3v) is 8.73. The topological polar surface area (TPSA) is 180 Å². The van der Waals surface area contributed by atoms with Crippen LogP contribution >= 0.6 is 0 Å². The van der Waals surface area contributed by atoms with E-state index in [1.165, 1.54) is 23.5 Å². The van der Waals surface area contributed by atoms with Gasteiger partial charge in [0.25, 0.3) is 11.8 Å². The zero-order chi connectivity index (χ0) is 34.1. The summed E-state index contributed by atoms with van der Waals surface area (Å²) in [6, 6.07) is -4.08. The van der Waals surface area contributed by atoms with Crippen molar-refractivity contribution in [3.8, 4) is 0 Å². The third-order valence-electron chi connectivity index (χ3n) is 8.73. The van der Waals surface area contributed by atoms with Gasteiger partial charge in [-0.1, -0.05) is 60.1 Å². The Hall–Kier alpha value is -4.16. The molecule has 5 amide bonds. The first-order chi connectivity index (χ1) is 21.8. The molecule has 1 aliphatic carbocycles. The van der Waals surface area contributed by atoms with Crippen LogP contribution in [0.15, 0.2) is 30.7 Å². The van der Waals surface area contributed by atoms with Crippen LogP contribution in [0.3, 0.4) is 0 Å². The number of hydrogen-bond acceptors (Lipinski definition) is 8. The molecule has 0 saturated carbocycles. The minimum absolute atomic E-state index is 0.0557. The van der Waals surface area contributed by atoms with Crippen LogP contribution in [0.5, 0.6) is 0 Å². The molecule has 0 radical (unpaired) electrons. The van der Waals surface area contributed by atoms with Crippen molar-refractivity contribution in [1.29, 1.82) is 0 Å². The van der Waals surface area contributed by atoms with E-state index in [1.54, 1.807) is 34.6 Å². The van der Waals surface area contributed by atoms with Gasteiger partial charge < -0.3 is 26.2 Å². The Bertz CT molecular complexity index is 1300. The van der Waals surface area contributed by atoms with E-state index >= 15 is 0 Å². The first kappa shape index (κ1) is 36.3. The summed E-state index contributed by atoms with van der Waals surface area (Å²) in [4.78, 5) is 89.5. The van der Waals surface area contributed by atoms with E-state index in [-0.39, 0.29) is 48.4 Å². The van der Waals surface area contributed by atoms with Gasteiger partial charge in [-0.3, -0.25) is 33.8 Å². The van der Waals surface area contributed by atoms with E-state index < -0.39 is 59.5 Å². The van der Waals surface area contributed by atoms with Crippen molar-refractivity contribution in [2.24, 2.45) is 23.7 Å². The molecule has 2 unspecified atom stereocenters. The van der Waals surface area contributed by atoms with Crippen molar-refractivity contribution in [3.63, 3.8) is 0 Å². The number of aromatic nitrogens is 2. The fraction of sp³-hybridized carbons (Fsp3) is 0.636. The molecule has 0 spiro atoms. The van der Waals surface area contributed by atoms with Gasteiger partial charge in [0.05, 0.1) is 12.2 Å². The third kappa shape index (κ3) is 8.76. The molecule has 1 fully saturated rings. The van der Waals surface area contributed by atoms with Crippen molar-refractivity contribution in [1.82, 2.24) is 36.1 Å². The largest absolute Gasteiger partial charge is 0.347 e. The summed E-state index contributed by atoms with van der Waals surface area (Å²) >= 11 is 0. The predicted molar refractivity (Wildman–Crippen MR) is 171 cm³/mol. The van der Waals surface area contributed by atoms with Crippen LogP contribution in [0.1, 0.15) is 84.6 Å². The minimum atomic E-state index is -1.03. The summed E-state index contributed by atoms with van der Waals surface area (Å²) in [6.45, 7) is 13.0. The van der Waals surface area contributed by atoms with Gasteiger partial charge >= 0.3 is 0 Å². The Balaban J connectivity index is 1.81. The highest BCUT2D eigenvalue weighted by Crippen LogP contribution is 2.39. The molecule has 0 aromatic carbocycles. The maximum atomic E-state index is 14.2. The molecule has 3 rings (SSSR count). The molecule has 2 aliphatic rings. The standard InChI is InChI=1S/C33H49N7O6/c1-8-11-23(28(41)32(45)36-20(7)9-2)37-31(44)27-22-13-10-12-21(22)17-40(27)33(46)26(19(5)6)39-30(43)25(18(3)4)38-29(42)24-16-34-14-15-35-24/h10,12,14-16,18-23,25-27H,8-9,11,13,17H2,1-7H3,(H,36,45)(H,37,44)(H,38,42)(H,39,43)/t20-,21-,22-,23?,25+,26-,27?/m0/s1. The van der Waals surface area contributed by atoms with Gasteiger partial charge in [-0.25, -0.2) is 4.98 Å². The smallest absolute Gasteiger partial charge is 0.289 e. The highest BCUT2D eigenvalue weighted by molar-refractivity contribution is 6.38. The van der Waals surface area contributed by atoms with Crippen molar-refractivity contribution in [3.05, 3.63) is 36.4 Å². The second kappa shape index (κ2) is 16.4. The van der Waals surface area contributed by atoms with Crippen LogP contribution < -0.4 is 21.3 Å². The summed E-state index contributed by atoms with van der Waals surface area (Å²) in [5.74, 6) is -4.44. The molecule has 1 aromatic rings. The Morgan fingerprint density at radius 2 is 1.61 bits per heavy atom. The molecule has 4 N–H and O–H groups in total. The zero-order valence-electron chi connectivity index (χ0n) is 27.9. The van der Waals surface area contributed by atoms with Gasteiger partial charge in [0, 0.05) is 30.9 Å². The van der Waals surface area contributed by atoms with E-state index in [0.717, 1.165) is 0 Å². The molecule has 0 bridgehead atoms. The maximum absolute atomic E-state index is 14.2. The lowest BCUT2D eigenvalue weighted by Crippen LogP contribution is -2.60. The summed E-state index contributed by atoms with van der Waals surface area (Å²) in [7, 11) is 0. The Morgan fingerprint density at radius 3 is 2.20 bits per heavy atom. The molecule has 13 nitrogen and oxygen atoms in total. The lowest BCUT2D eigenvalue weighted by Gasteiger charge is -2.33. The van der Waals surface area contributed by atoms with Gasteiger partial charge in [0.15, 0.2) is 0 Å². The van der Waals surface area contributed by atoms with E-state index in [9.17, 15) is 28.8 Å².